The van der Waals surface area contributed by atoms with Crippen LogP contribution in [-0.4, -0.2) is 29.7 Å². The van der Waals surface area contributed by atoms with Crippen LogP contribution in [0.3, 0.4) is 0 Å². The summed E-state index contributed by atoms with van der Waals surface area (Å²) in [7, 11) is 0. The second kappa shape index (κ2) is 9.74. The van der Waals surface area contributed by atoms with Gasteiger partial charge in [0.15, 0.2) is 0 Å². The molecule has 2 amide bonds. The number of carboxylic acids is 1. The van der Waals surface area contributed by atoms with Crippen LogP contribution >= 0.6 is 0 Å². The first-order valence-corrected chi connectivity index (χ1v) is 6.71. The fraction of sp³-hybridized carbons (Fsp3) is 0.846. The number of carbonyl (C=O) groups is 2. The SMILES string of the molecule is CCCCCC(C)NC(=O)NCC(C)CC(=O)O. The Morgan fingerprint density at radius 1 is 1.22 bits per heavy atom. The molecule has 0 saturated heterocycles. The first kappa shape index (κ1) is 16.7. The zero-order chi connectivity index (χ0) is 14.0. The fourth-order valence-electron chi connectivity index (χ4n) is 1.68. The molecule has 0 aliphatic heterocycles. The lowest BCUT2D eigenvalue weighted by molar-refractivity contribution is -0.137. The number of hydrogen-bond acceptors (Lipinski definition) is 2. The molecule has 0 radical (unpaired) electrons. The van der Waals surface area contributed by atoms with Gasteiger partial charge in [-0.25, -0.2) is 4.79 Å². The number of amides is 2. The normalized spacial score (nSPS) is 13.7. The number of nitrogens with one attached hydrogen (secondary N) is 2. The first-order chi connectivity index (χ1) is 8.45. The molecular weight excluding hydrogens is 232 g/mol. The van der Waals surface area contributed by atoms with Gasteiger partial charge in [-0.05, 0) is 19.3 Å². The minimum Gasteiger partial charge on any atom is -0.481 e. The topological polar surface area (TPSA) is 78.4 Å². The summed E-state index contributed by atoms with van der Waals surface area (Å²) >= 11 is 0. The van der Waals surface area contributed by atoms with Gasteiger partial charge in [-0.2, -0.15) is 0 Å². The van der Waals surface area contributed by atoms with E-state index in [1.54, 1.807) is 6.92 Å². The molecule has 0 aliphatic rings. The van der Waals surface area contributed by atoms with Crippen molar-refractivity contribution in [1.29, 1.82) is 0 Å². The molecule has 0 spiro atoms. The average Bonchev–Trinajstić information content (AvgIpc) is 2.26. The van der Waals surface area contributed by atoms with Crippen molar-refractivity contribution >= 4 is 12.0 Å². The van der Waals surface area contributed by atoms with Crippen molar-refractivity contribution < 1.29 is 14.7 Å². The van der Waals surface area contributed by atoms with E-state index in [-0.39, 0.29) is 24.4 Å². The highest BCUT2D eigenvalue weighted by Gasteiger charge is 2.10. The lowest BCUT2D eigenvalue weighted by Crippen LogP contribution is -2.42. The molecule has 0 rings (SSSR count). The molecule has 0 fully saturated rings. The molecule has 3 N–H and O–H groups in total. The summed E-state index contributed by atoms with van der Waals surface area (Å²) in [6, 6.07) is -0.0532. The maximum Gasteiger partial charge on any atom is 0.315 e. The van der Waals surface area contributed by atoms with Crippen molar-refractivity contribution in [3.05, 3.63) is 0 Å². The molecule has 0 aromatic heterocycles. The monoisotopic (exact) mass is 258 g/mol. The Kier molecular flexibility index (Phi) is 9.06. The third-order valence-electron chi connectivity index (χ3n) is 2.75. The van der Waals surface area contributed by atoms with Gasteiger partial charge in [-0.15, -0.1) is 0 Å². The van der Waals surface area contributed by atoms with Crippen molar-refractivity contribution in [1.82, 2.24) is 10.6 Å². The van der Waals surface area contributed by atoms with Crippen LogP contribution in [0.5, 0.6) is 0 Å². The van der Waals surface area contributed by atoms with E-state index in [1.807, 2.05) is 6.92 Å². The summed E-state index contributed by atoms with van der Waals surface area (Å²) in [6.07, 6.45) is 4.53. The van der Waals surface area contributed by atoms with Crippen LogP contribution in [-0.2, 0) is 4.79 Å². The summed E-state index contributed by atoms with van der Waals surface area (Å²) in [6.45, 7) is 6.32. The van der Waals surface area contributed by atoms with Gasteiger partial charge in [0.05, 0.1) is 0 Å². The van der Waals surface area contributed by atoms with Crippen molar-refractivity contribution in [3.8, 4) is 0 Å². The van der Waals surface area contributed by atoms with Crippen molar-refractivity contribution in [3.63, 3.8) is 0 Å². The largest absolute Gasteiger partial charge is 0.481 e. The Balaban J connectivity index is 3.66. The van der Waals surface area contributed by atoms with Gasteiger partial charge in [0.2, 0.25) is 0 Å². The fourth-order valence-corrected chi connectivity index (χ4v) is 1.68. The summed E-state index contributed by atoms with van der Waals surface area (Å²) < 4.78 is 0. The second-order valence-electron chi connectivity index (χ2n) is 4.95. The Morgan fingerprint density at radius 3 is 2.44 bits per heavy atom. The number of carbonyl (C=O) groups excluding carboxylic acids is 1. The first-order valence-electron chi connectivity index (χ1n) is 6.71. The lowest BCUT2D eigenvalue weighted by atomic mass is 10.1. The minimum absolute atomic E-state index is 0.0522. The number of carboxylic acid groups (broad SMARTS) is 1. The van der Waals surface area contributed by atoms with E-state index < -0.39 is 5.97 Å². The molecular formula is C13H26N2O3. The minimum atomic E-state index is -0.836. The zero-order valence-electron chi connectivity index (χ0n) is 11.7. The molecule has 106 valence electrons. The van der Waals surface area contributed by atoms with E-state index in [4.69, 9.17) is 5.11 Å². The van der Waals surface area contributed by atoms with Gasteiger partial charge < -0.3 is 15.7 Å². The van der Waals surface area contributed by atoms with Gasteiger partial charge in [-0.3, -0.25) is 4.79 Å². The highest BCUT2D eigenvalue weighted by Crippen LogP contribution is 2.03. The third kappa shape index (κ3) is 9.93. The summed E-state index contributed by atoms with van der Waals surface area (Å²) in [4.78, 5) is 22.0. The lowest BCUT2D eigenvalue weighted by Gasteiger charge is -2.16. The van der Waals surface area contributed by atoms with Crippen LogP contribution in [0.4, 0.5) is 4.79 Å². The number of hydrogen-bond donors (Lipinski definition) is 3. The predicted molar refractivity (Wildman–Crippen MR) is 71.6 cm³/mol. The van der Waals surface area contributed by atoms with Crippen LogP contribution in [0.2, 0.25) is 0 Å². The Bertz CT molecular complexity index is 257. The van der Waals surface area contributed by atoms with Crippen LogP contribution in [0.15, 0.2) is 0 Å². The van der Waals surface area contributed by atoms with Gasteiger partial charge in [0.25, 0.3) is 0 Å². The van der Waals surface area contributed by atoms with E-state index >= 15 is 0 Å². The number of urea groups is 1. The molecule has 0 aromatic rings. The molecule has 0 aliphatic carbocycles. The van der Waals surface area contributed by atoms with Crippen molar-refractivity contribution in [2.24, 2.45) is 5.92 Å². The molecule has 5 heteroatoms. The Labute approximate surface area is 109 Å². The van der Waals surface area contributed by atoms with Crippen LogP contribution in [0.25, 0.3) is 0 Å². The van der Waals surface area contributed by atoms with E-state index in [1.165, 1.54) is 12.8 Å². The standard InChI is InChI=1S/C13H26N2O3/c1-4-5-6-7-11(3)15-13(18)14-9-10(2)8-12(16)17/h10-11H,4-9H2,1-3H3,(H,16,17)(H2,14,15,18). The quantitative estimate of drug-likeness (QED) is 0.555. The van der Waals surface area contributed by atoms with Gasteiger partial charge in [-0.1, -0.05) is 33.1 Å². The molecule has 2 unspecified atom stereocenters. The smallest absolute Gasteiger partial charge is 0.315 e. The van der Waals surface area contributed by atoms with E-state index in [9.17, 15) is 9.59 Å². The Morgan fingerprint density at radius 2 is 1.89 bits per heavy atom. The average molecular weight is 258 g/mol. The highest BCUT2D eigenvalue weighted by atomic mass is 16.4. The molecule has 18 heavy (non-hydrogen) atoms. The van der Waals surface area contributed by atoms with Gasteiger partial charge >= 0.3 is 12.0 Å². The van der Waals surface area contributed by atoms with Crippen LogP contribution < -0.4 is 10.6 Å². The molecule has 0 bridgehead atoms. The van der Waals surface area contributed by atoms with E-state index in [0.717, 1.165) is 12.8 Å². The Hall–Kier alpha value is -1.26. The number of unbranched alkanes of at least 4 members (excludes halogenated alkanes) is 2. The van der Waals surface area contributed by atoms with Gasteiger partial charge in [0.1, 0.15) is 0 Å². The maximum atomic E-state index is 11.5. The molecule has 0 saturated carbocycles. The third-order valence-corrected chi connectivity index (χ3v) is 2.75. The molecule has 0 aromatic carbocycles. The maximum absolute atomic E-state index is 11.5. The predicted octanol–water partition coefficient (Wildman–Crippen LogP) is 2.37. The van der Waals surface area contributed by atoms with Crippen LogP contribution in [0.1, 0.15) is 52.9 Å². The van der Waals surface area contributed by atoms with E-state index in [2.05, 4.69) is 17.6 Å². The number of aliphatic carboxylic acids is 1. The molecule has 0 heterocycles. The molecule has 2 atom stereocenters. The van der Waals surface area contributed by atoms with E-state index in [0.29, 0.717) is 6.54 Å². The van der Waals surface area contributed by atoms with Gasteiger partial charge in [0, 0.05) is 19.0 Å². The van der Waals surface area contributed by atoms with Crippen LogP contribution in [0, 0.1) is 5.92 Å². The second-order valence-corrected chi connectivity index (χ2v) is 4.95. The summed E-state index contributed by atoms with van der Waals surface area (Å²) in [5.41, 5.74) is 0. The summed E-state index contributed by atoms with van der Waals surface area (Å²) in [5, 5.41) is 14.1. The zero-order valence-corrected chi connectivity index (χ0v) is 11.7. The summed E-state index contributed by atoms with van der Waals surface area (Å²) in [5.74, 6) is -0.888. The van der Waals surface area contributed by atoms with Crippen molar-refractivity contribution in [2.45, 2.75) is 58.9 Å². The molecule has 5 nitrogen and oxygen atoms in total. The highest BCUT2D eigenvalue weighted by molar-refractivity contribution is 5.74. The number of rotatable bonds is 9. The van der Waals surface area contributed by atoms with Crippen molar-refractivity contribution in [2.75, 3.05) is 6.54 Å².